The third-order valence-electron chi connectivity index (χ3n) is 2.14. The fourth-order valence-electron chi connectivity index (χ4n) is 1.39. The molecule has 2 rings (SSSR count). The fourth-order valence-corrected chi connectivity index (χ4v) is 1.95. The van der Waals surface area contributed by atoms with Crippen LogP contribution in [-0.2, 0) is 0 Å². The highest BCUT2D eigenvalue weighted by Gasteiger charge is 2.05. The normalized spacial score (nSPS) is 10.3. The average Bonchev–Trinajstić information content (AvgIpc) is 2.81. The van der Waals surface area contributed by atoms with E-state index in [-0.39, 0.29) is 0 Å². The van der Waals surface area contributed by atoms with Gasteiger partial charge in [0.15, 0.2) is 0 Å². The molecule has 0 spiro atoms. The topological polar surface area (TPSA) is 27.1 Å². The second-order valence-corrected chi connectivity index (χ2v) is 3.84. The molecule has 0 aliphatic rings. The van der Waals surface area contributed by atoms with Crippen molar-refractivity contribution in [2.45, 2.75) is 4.90 Å². The van der Waals surface area contributed by atoms with Gasteiger partial charge >= 0.3 is 0 Å². The molecule has 78 valence electrons. The van der Waals surface area contributed by atoms with Crippen LogP contribution in [0.4, 0.5) is 0 Å². The van der Waals surface area contributed by atoms with Gasteiger partial charge in [-0.2, -0.15) is 5.10 Å². The Labute approximate surface area is 93.1 Å². The Hall–Kier alpha value is -1.42. The minimum Gasteiger partial charge on any atom is -0.497 e. The van der Waals surface area contributed by atoms with Crippen molar-refractivity contribution in [2.75, 3.05) is 13.4 Å². The molecule has 3 nitrogen and oxygen atoms in total. The molecular formula is C11H12N2OS. The van der Waals surface area contributed by atoms with E-state index in [1.807, 2.05) is 35.1 Å². The molecule has 4 heteroatoms. The lowest BCUT2D eigenvalue weighted by atomic mass is 10.3. The Morgan fingerprint density at radius 1 is 1.40 bits per heavy atom. The molecule has 1 heterocycles. The summed E-state index contributed by atoms with van der Waals surface area (Å²) >= 11 is 1.70. The average molecular weight is 220 g/mol. The van der Waals surface area contributed by atoms with Crippen molar-refractivity contribution in [3.05, 3.63) is 36.7 Å². The molecule has 0 saturated heterocycles. The van der Waals surface area contributed by atoms with Crippen molar-refractivity contribution >= 4 is 11.8 Å². The standard InChI is InChI=1S/C11H12N2OS/c1-14-9-4-5-11(15-2)10(8-9)13-7-3-6-12-13/h3-8H,1-2H3. The third-order valence-corrected chi connectivity index (χ3v) is 2.92. The molecule has 1 aromatic heterocycles. The fraction of sp³-hybridized carbons (Fsp3) is 0.182. The Balaban J connectivity index is 2.52. The van der Waals surface area contributed by atoms with Crippen LogP contribution >= 0.6 is 11.8 Å². The van der Waals surface area contributed by atoms with Gasteiger partial charge in [-0.05, 0) is 24.5 Å². The summed E-state index contributed by atoms with van der Waals surface area (Å²) < 4.78 is 7.04. The second-order valence-electron chi connectivity index (χ2n) is 2.99. The molecule has 1 aromatic carbocycles. The molecule has 0 unspecified atom stereocenters. The lowest BCUT2D eigenvalue weighted by molar-refractivity contribution is 0.414. The lowest BCUT2D eigenvalue weighted by Gasteiger charge is -2.09. The van der Waals surface area contributed by atoms with Crippen LogP contribution in [0.3, 0.4) is 0 Å². The van der Waals surface area contributed by atoms with Gasteiger partial charge in [-0.25, -0.2) is 4.68 Å². The second kappa shape index (κ2) is 4.40. The number of methoxy groups -OCH3 is 1. The molecular weight excluding hydrogens is 208 g/mol. The molecule has 0 radical (unpaired) electrons. The molecule has 0 atom stereocenters. The Morgan fingerprint density at radius 3 is 2.87 bits per heavy atom. The van der Waals surface area contributed by atoms with E-state index >= 15 is 0 Å². The first-order valence-electron chi connectivity index (χ1n) is 4.57. The zero-order valence-electron chi connectivity index (χ0n) is 8.68. The molecule has 0 N–H and O–H groups in total. The zero-order valence-corrected chi connectivity index (χ0v) is 9.49. The van der Waals surface area contributed by atoms with Crippen LogP contribution in [-0.4, -0.2) is 23.1 Å². The van der Waals surface area contributed by atoms with Gasteiger partial charge in [-0.15, -0.1) is 11.8 Å². The summed E-state index contributed by atoms with van der Waals surface area (Å²) in [6.45, 7) is 0. The highest BCUT2D eigenvalue weighted by atomic mass is 32.2. The minimum absolute atomic E-state index is 0.846. The molecule has 0 saturated carbocycles. The zero-order chi connectivity index (χ0) is 10.7. The molecule has 0 amide bonds. The molecule has 15 heavy (non-hydrogen) atoms. The van der Waals surface area contributed by atoms with E-state index in [1.54, 1.807) is 25.1 Å². The van der Waals surface area contributed by atoms with Crippen LogP contribution < -0.4 is 4.74 Å². The van der Waals surface area contributed by atoms with Crippen LogP contribution in [0, 0.1) is 0 Å². The predicted octanol–water partition coefficient (Wildman–Crippen LogP) is 2.60. The van der Waals surface area contributed by atoms with E-state index in [1.165, 1.54) is 4.90 Å². The van der Waals surface area contributed by atoms with Crippen molar-refractivity contribution in [3.8, 4) is 11.4 Å². The maximum absolute atomic E-state index is 5.20. The molecule has 0 fully saturated rings. The van der Waals surface area contributed by atoms with Gasteiger partial charge in [0.1, 0.15) is 5.75 Å². The number of ether oxygens (including phenoxy) is 1. The first-order valence-corrected chi connectivity index (χ1v) is 5.79. The highest BCUT2D eigenvalue weighted by molar-refractivity contribution is 7.98. The summed E-state index contributed by atoms with van der Waals surface area (Å²) in [5, 5.41) is 4.22. The number of hydrogen-bond donors (Lipinski definition) is 0. The molecule has 0 bridgehead atoms. The summed E-state index contributed by atoms with van der Waals surface area (Å²) in [5.41, 5.74) is 1.05. The molecule has 0 aliphatic heterocycles. The number of hydrogen-bond acceptors (Lipinski definition) is 3. The van der Waals surface area contributed by atoms with Crippen LogP contribution in [0.15, 0.2) is 41.6 Å². The summed E-state index contributed by atoms with van der Waals surface area (Å²) in [5.74, 6) is 0.846. The van der Waals surface area contributed by atoms with Gasteiger partial charge in [0.2, 0.25) is 0 Å². The van der Waals surface area contributed by atoms with Crippen molar-refractivity contribution in [1.29, 1.82) is 0 Å². The number of benzene rings is 1. The highest BCUT2D eigenvalue weighted by Crippen LogP contribution is 2.27. The predicted molar refractivity (Wildman–Crippen MR) is 61.9 cm³/mol. The van der Waals surface area contributed by atoms with Gasteiger partial charge in [0.05, 0.1) is 12.8 Å². The van der Waals surface area contributed by atoms with Gasteiger partial charge in [0.25, 0.3) is 0 Å². The number of rotatable bonds is 3. The van der Waals surface area contributed by atoms with Crippen LogP contribution in [0.1, 0.15) is 0 Å². The van der Waals surface area contributed by atoms with E-state index in [4.69, 9.17) is 4.74 Å². The van der Waals surface area contributed by atoms with Crippen LogP contribution in [0.2, 0.25) is 0 Å². The van der Waals surface area contributed by atoms with E-state index in [0.29, 0.717) is 0 Å². The van der Waals surface area contributed by atoms with Crippen molar-refractivity contribution < 1.29 is 4.74 Å². The number of thioether (sulfide) groups is 1. The first kappa shape index (κ1) is 10.1. The largest absolute Gasteiger partial charge is 0.497 e. The van der Waals surface area contributed by atoms with Gasteiger partial charge in [-0.3, -0.25) is 0 Å². The number of aromatic nitrogens is 2. The van der Waals surface area contributed by atoms with Crippen molar-refractivity contribution in [1.82, 2.24) is 9.78 Å². The lowest BCUT2D eigenvalue weighted by Crippen LogP contribution is -1.97. The van der Waals surface area contributed by atoms with E-state index in [9.17, 15) is 0 Å². The maximum atomic E-state index is 5.20. The summed E-state index contributed by atoms with van der Waals surface area (Å²) in [7, 11) is 1.67. The van der Waals surface area contributed by atoms with Crippen LogP contribution in [0.25, 0.3) is 5.69 Å². The van der Waals surface area contributed by atoms with Gasteiger partial charge < -0.3 is 4.74 Å². The molecule has 0 aliphatic carbocycles. The Morgan fingerprint density at radius 2 is 2.27 bits per heavy atom. The van der Waals surface area contributed by atoms with Gasteiger partial charge in [-0.1, -0.05) is 0 Å². The van der Waals surface area contributed by atoms with Crippen LogP contribution in [0.5, 0.6) is 5.75 Å². The SMILES string of the molecule is COc1ccc(SC)c(-n2cccn2)c1. The number of nitrogens with zero attached hydrogens (tertiary/aromatic N) is 2. The summed E-state index contributed by atoms with van der Waals surface area (Å²) in [6.07, 6.45) is 5.74. The monoisotopic (exact) mass is 220 g/mol. The van der Waals surface area contributed by atoms with Crippen molar-refractivity contribution in [3.63, 3.8) is 0 Å². The Bertz CT molecular complexity index is 440. The smallest absolute Gasteiger partial charge is 0.121 e. The quantitative estimate of drug-likeness (QED) is 0.744. The summed E-state index contributed by atoms with van der Waals surface area (Å²) in [6, 6.07) is 7.89. The van der Waals surface area contributed by atoms with E-state index < -0.39 is 0 Å². The summed E-state index contributed by atoms with van der Waals surface area (Å²) in [4.78, 5) is 1.18. The van der Waals surface area contributed by atoms with Crippen molar-refractivity contribution in [2.24, 2.45) is 0 Å². The van der Waals surface area contributed by atoms with E-state index in [0.717, 1.165) is 11.4 Å². The Kier molecular flexibility index (Phi) is 2.97. The van der Waals surface area contributed by atoms with E-state index in [2.05, 4.69) is 11.4 Å². The first-order chi connectivity index (χ1) is 7.35. The van der Waals surface area contributed by atoms with Gasteiger partial charge in [0, 0.05) is 23.4 Å². The molecule has 2 aromatic rings. The maximum Gasteiger partial charge on any atom is 0.121 e. The minimum atomic E-state index is 0.846. The third kappa shape index (κ3) is 1.99.